The topological polar surface area (TPSA) is 98.5 Å². The molecule has 8 nitrogen and oxygen atoms in total. The Morgan fingerprint density at radius 2 is 2.14 bits per heavy atom. The first-order valence-electron chi connectivity index (χ1n) is 5.84. The molecule has 0 aliphatic heterocycles. The summed E-state index contributed by atoms with van der Waals surface area (Å²) >= 11 is 5.64. The molecular weight excluding hydrogens is 294 g/mol. The number of carbonyl (C=O) groups is 1. The smallest absolute Gasteiger partial charge is 0.276 e. The van der Waals surface area contributed by atoms with Gasteiger partial charge in [-0.05, 0) is 24.3 Å². The number of hydrogen-bond acceptors (Lipinski definition) is 6. The Bertz CT molecular complexity index is 758. The maximum atomic E-state index is 12.1. The highest BCUT2D eigenvalue weighted by Gasteiger charge is 2.13. The van der Waals surface area contributed by atoms with Crippen LogP contribution in [-0.4, -0.2) is 35.9 Å². The third-order valence-electron chi connectivity index (χ3n) is 2.54. The van der Waals surface area contributed by atoms with E-state index in [0.29, 0.717) is 11.5 Å². The average molecular weight is 302 g/mol. The highest BCUT2D eigenvalue weighted by atomic mass is 35.5. The Morgan fingerprint density at radius 3 is 2.86 bits per heavy atom. The van der Waals surface area contributed by atoms with Crippen molar-refractivity contribution in [3.63, 3.8) is 0 Å². The van der Waals surface area contributed by atoms with E-state index in [-0.39, 0.29) is 10.8 Å². The summed E-state index contributed by atoms with van der Waals surface area (Å²) in [5, 5.41) is 14.2. The van der Waals surface area contributed by atoms with Gasteiger partial charge in [0.25, 0.3) is 5.91 Å². The predicted molar refractivity (Wildman–Crippen MR) is 74.1 cm³/mol. The van der Waals surface area contributed by atoms with Gasteiger partial charge in [0.05, 0.1) is 5.69 Å². The fourth-order valence-electron chi connectivity index (χ4n) is 1.62. The van der Waals surface area contributed by atoms with Gasteiger partial charge in [-0.2, -0.15) is 5.10 Å². The number of halogens is 1. The summed E-state index contributed by atoms with van der Waals surface area (Å²) in [4.78, 5) is 20.1. The molecule has 1 N–H and O–H groups in total. The molecule has 0 unspecified atom stereocenters. The van der Waals surface area contributed by atoms with Crippen LogP contribution in [-0.2, 0) is 0 Å². The molecule has 3 aromatic rings. The molecule has 0 fully saturated rings. The number of nitrogens with zero attached hydrogens (tertiary/aromatic N) is 6. The van der Waals surface area contributed by atoms with Crippen LogP contribution < -0.4 is 5.32 Å². The molecular formula is C12H8ClN7O. The number of carbonyl (C=O) groups excluding carboxylic acids is 1. The van der Waals surface area contributed by atoms with Crippen molar-refractivity contribution < 1.29 is 4.79 Å². The monoisotopic (exact) mass is 301 g/mol. The van der Waals surface area contributed by atoms with Crippen molar-refractivity contribution in [1.82, 2.24) is 29.9 Å². The Hall–Kier alpha value is -2.87. The molecule has 0 radical (unpaired) electrons. The van der Waals surface area contributed by atoms with Gasteiger partial charge in [-0.3, -0.25) is 4.79 Å². The van der Waals surface area contributed by atoms with Gasteiger partial charge in [-0.15, -0.1) is 10.2 Å². The molecule has 0 spiro atoms. The first-order chi connectivity index (χ1) is 10.2. The van der Waals surface area contributed by atoms with E-state index in [1.54, 1.807) is 18.3 Å². The summed E-state index contributed by atoms with van der Waals surface area (Å²) in [6.07, 6.45) is 4.46. The number of rotatable bonds is 3. The van der Waals surface area contributed by atoms with E-state index >= 15 is 0 Å². The maximum absolute atomic E-state index is 12.1. The molecule has 0 aromatic carbocycles. The van der Waals surface area contributed by atoms with Gasteiger partial charge in [0, 0.05) is 6.20 Å². The molecule has 0 atom stereocenters. The lowest BCUT2D eigenvalue weighted by Crippen LogP contribution is -2.16. The number of anilines is 1. The molecule has 3 rings (SSSR count). The summed E-state index contributed by atoms with van der Waals surface area (Å²) in [7, 11) is 0. The van der Waals surface area contributed by atoms with E-state index in [1.165, 1.54) is 29.5 Å². The van der Waals surface area contributed by atoms with Crippen LogP contribution in [0.1, 0.15) is 10.5 Å². The molecule has 0 saturated heterocycles. The first kappa shape index (κ1) is 13.1. The summed E-state index contributed by atoms with van der Waals surface area (Å²) in [6.45, 7) is 0. The quantitative estimate of drug-likeness (QED) is 0.784. The molecule has 104 valence electrons. The number of aromatic nitrogens is 6. The molecule has 0 saturated carbocycles. The van der Waals surface area contributed by atoms with Crippen molar-refractivity contribution in [2.75, 3.05) is 5.32 Å². The van der Waals surface area contributed by atoms with Crippen LogP contribution in [0.3, 0.4) is 0 Å². The average Bonchev–Trinajstić information content (AvgIpc) is 3.02. The normalized spacial score (nSPS) is 10.3. The summed E-state index contributed by atoms with van der Waals surface area (Å²) < 4.78 is 1.45. The minimum atomic E-state index is -0.423. The van der Waals surface area contributed by atoms with E-state index < -0.39 is 5.91 Å². The number of pyridine rings is 1. The molecule has 21 heavy (non-hydrogen) atoms. The van der Waals surface area contributed by atoms with E-state index in [2.05, 4.69) is 30.6 Å². The van der Waals surface area contributed by atoms with Crippen molar-refractivity contribution in [2.45, 2.75) is 0 Å². The van der Waals surface area contributed by atoms with Crippen LogP contribution >= 0.6 is 11.6 Å². The van der Waals surface area contributed by atoms with Gasteiger partial charge in [-0.1, -0.05) is 11.6 Å². The lowest BCUT2D eigenvalue weighted by atomic mass is 10.3. The van der Waals surface area contributed by atoms with Crippen molar-refractivity contribution in [1.29, 1.82) is 0 Å². The zero-order valence-corrected chi connectivity index (χ0v) is 11.3. The maximum Gasteiger partial charge on any atom is 0.276 e. The van der Waals surface area contributed by atoms with Crippen LogP contribution in [0.5, 0.6) is 0 Å². The van der Waals surface area contributed by atoms with E-state index in [1.807, 2.05) is 0 Å². The zero-order valence-electron chi connectivity index (χ0n) is 10.5. The van der Waals surface area contributed by atoms with Gasteiger partial charge in [0.2, 0.25) is 0 Å². The SMILES string of the molecule is O=C(Nc1cccnc1-n1cncn1)c1ccc(Cl)nn1. The molecule has 0 aliphatic rings. The van der Waals surface area contributed by atoms with Crippen LogP contribution in [0.2, 0.25) is 5.15 Å². The van der Waals surface area contributed by atoms with Gasteiger partial charge < -0.3 is 5.32 Å². The summed E-state index contributed by atoms with van der Waals surface area (Å²) in [5.41, 5.74) is 0.623. The fraction of sp³-hybridized carbons (Fsp3) is 0. The van der Waals surface area contributed by atoms with Crippen LogP contribution in [0, 0.1) is 0 Å². The second-order valence-electron chi connectivity index (χ2n) is 3.91. The van der Waals surface area contributed by atoms with E-state index in [9.17, 15) is 4.79 Å². The lowest BCUT2D eigenvalue weighted by Gasteiger charge is -2.08. The number of hydrogen-bond donors (Lipinski definition) is 1. The molecule has 3 heterocycles. The zero-order chi connectivity index (χ0) is 14.7. The third-order valence-corrected chi connectivity index (χ3v) is 2.74. The Morgan fingerprint density at radius 1 is 1.24 bits per heavy atom. The Kier molecular flexibility index (Phi) is 3.52. The van der Waals surface area contributed by atoms with Crippen LogP contribution in [0.4, 0.5) is 5.69 Å². The standard InChI is InChI=1S/C12H8ClN7O/c13-10-4-3-9(18-19-10)12(21)17-8-2-1-5-15-11(8)20-7-14-6-16-20/h1-7H,(H,17,21). The van der Waals surface area contributed by atoms with Crippen molar-refractivity contribution in [3.05, 3.63) is 54.0 Å². The second kappa shape index (κ2) is 5.63. The highest BCUT2D eigenvalue weighted by Crippen LogP contribution is 2.16. The molecule has 3 aromatic heterocycles. The lowest BCUT2D eigenvalue weighted by molar-refractivity contribution is 0.102. The van der Waals surface area contributed by atoms with Gasteiger partial charge in [-0.25, -0.2) is 14.6 Å². The Balaban J connectivity index is 1.88. The first-order valence-corrected chi connectivity index (χ1v) is 6.22. The van der Waals surface area contributed by atoms with Crippen molar-refractivity contribution in [2.24, 2.45) is 0 Å². The third kappa shape index (κ3) is 2.84. The van der Waals surface area contributed by atoms with Gasteiger partial charge in [0.1, 0.15) is 12.7 Å². The molecule has 0 aliphatic carbocycles. The predicted octanol–water partition coefficient (Wildman–Crippen LogP) is 1.36. The second-order valence-corrected chi connectivity index (χ2v) is 4.30. The minimum absolute atomic E-state index is 0.146. The highest BCUT2D eigenvalue weighted by molar-refractivity contribution is 6.29. The number of amides is 1. The fourth-order valence-corrected chi connectivity index (χ4v) is 1.72. The summed E-state index contributed by atoms with van der Waals surface area (Å²) in [6, 6.07) is 6.37. The van der Waals surface area contributed by atoms with Crippen molar-refractivity contribution in [3.8, 4) is 5.82 Å². The van der Waals surface area contributed by atoms with Gasteiger partial charge >= 0.3 is 0 Å². The summed E-state index contributed by atoms with van der Waals surface area (Å²) in [5.74, 6) is 0.0267. The molecule has 1 amide bonds. The van der Waals surface area contributed by atoms with Crippen molar-refractivity contribution >= 4 is 23.2 Å². The van der Waals surface area contributed by atoms with E-state index in [4.69, 9.17) is 11.6 Å². The minimum Gasteiger partial charge on any atom is -0.317 e. The van der Waals surface area contributed by atoms with Crippen LogP contribution in [0.15, 0.2) is 43.1 Å². The number of nitrogens with one attached hydrogen (secondary N) is 1. The van der Waals surface area contributed by atoms with E-state index in [0.717, 1.165) is 0 Å². The Labute approximate surface area is 123 Å². The molecule has 0 bridgehead atoms. The van der Waals surface area contributed by atoms with Gasteiger partial charge in [0.15, 0.2) is 16.7 Å². The molecule has 9 heteroatoms. The largest absolute Gasteiger partial charge is 0.317 e. The van der Waals surface area contributed by atoms with Crippen LogP contribution in [0.25, 0.3) is 5.82 Å².